The van der Waals surface area contributed by atoms with E-state index in [1.54, 1.807) is 0 Å². The van der Waals surface area contributed by atoms with Crippen molar-refractivity contribution in [2.75, 3.05) is 19.7 Å². The average Bonchev–Trinajstić information content (AvgIpc) is 2.48. The molecule has 0 radical (unpaired) electrons. The van der Waals surface area contributed by atoms with Gasteiger partial charge in [-0.15, -0.1) is 0 Å². The molecule has 21 heavy (non-hydrogen) atoms. The van der Waals surface area contributed by atoms with Gasteiger partial charge in [-0.2, -0.15) is 0 Å². The lowest BCUT2D eigenvalue weighted by Crippen LogP contribution is -2.41. The van der Waals surface area contributed by atoms with Gasteiger partial charge in [0.05, 0.1) is 6.61 Å². The normalized spacial score (nSPS) is 18.6. The lowest BCUT2D eigenvalue weighted by molar-refractivity contribution is -0.137. The first-order valence-electron chi connectivity index (χ1n) is 7.39. The number of hydrogen-bond acceptors (Lipinski definition) is 3. The third kappa shape index (κ3) is 4.43. The van der Waals surface area contributed by atoms with E-state index in [9.17, 15) is 4.79 Å². The van der Waals surface area contributed by atoms with Crippen LogP contribution in [0.3, 0.4) is 0 Å². The Morgan fingerprint density at radius 1 is 1.52 bits per heavy atom. The topological polar surface area (TPSA) is 55.6 Å². The first-order valence-corrected chi connectivity index (χ1v) is 7.80. The number of nitrogens with two attached hydrogens (primary N) is 1. The molecule has 2 N–H and O–H groups in total. The number of amides is 1. The van der Waals surface area contributed by atoms with Gasteiger partial charge in [-0.25, -0.2) is 0 Å². The van der Waals surface area contributed by atoms with E-state index in [2.05, 4.69) is 0 Å². The molecule has 1 unspecified atom stereocenters. The highest BCUT2D eigenvalue weighted by atomic mass is 32.1. The number of nitrogens with zero attached hydrogens (tertiary/aromatic N) is 1. The molecule has 4 nitrogen and oxygen atoms in total. The first-order chi connectivity index (χ1) is 10.1. The maximum Gasteiger partial charge on any atom is 0.225 e. The zero-order chi connectivity index (χ0) is 15.2. The Labute approximate surface area is 131 Å². The molecule has 1 aromatic carbocycles. The van der Waals surface area contributed by atoms with Gasteiger partial charge < -0.3 is 15.4 Å². The van der Waals surface area contributed by atoms with Crippen LogP contribution in [0.15, 0.2) is 24.3 Å². The fourth-order valence-electron chi connectivity index (χ4n) is 2.54. The monoisotopic (exact) mass is 306 g/mol. The molecule has 1 atom stereocenters. The van der Waals surface area contributed by atoms with E-state index in [0.29, 0.717) is 11.6 Å². The first kappa shape index (κ1) is 15.8. The summed E-state index contributed by atoms with van der Waals surface area (Å²) >= 11 is 4.94. The number of thiocarbonyl (C=S) groups is 1. The molecule has 1 heterocycles. The number of rotatable bonds is 6. The van der Waals surface area contributed by atoms with E-state index in [4.69, 9.17) is 22.7 Å². The number of hydrogen-bond donors (Lipinski definition) is 1. The van der Waals surface area contributed by atoms with Crippen molar-refractivity contribution in [2.45, 2.75) is 26.2 Å². The Kier molecular flexibility index (Phi) is 5.56. The fourth-order valence-corrected chi connectivity index (χ4v) is 2.67. The van der Waals surface area contributed by atoms with Crippen molar-refractivity contribution >= 4 is 23.1 Å². The Morgan fingerprint density at radius 3 is 3.10 bits per heavy atom. The van der Waals surface area contributed by atoms with Crippen molar-refractivity contribution in [3.8, 4) is 5.75 Å². The largest absolute Gasteiger partial charge is 0.494 e. The SMILES string of the molecule is CC1CCCN(CCCOc2cccc(C(N)=S)c2)C1=O. The van der Waals surface area contributed by atoms with Gasteiger partial charge in [-0.1, -0.05) is 31.3 Å². The molecule has 0 bridgehead atoms. The number of carbonyl (C=O) groups excluding carboxylic acids is 1. The van der Waals surface area contributed by atoms with Crippen molar-refractivity contribution in [2.24, 2.45) is 11.7 Å². The molecule has 0 aromatic heterocycles. The molecule has 1 saturated heterocycles. The maximum absolute atomic E-state index is 12.0. The van der Waals surface area contributed by atoms with Crippen molar-refractivity contribution < 1.29 is 9.53 Å². The van der Waals surface area contributed by atoms with Gasteiger partial charge in [0.25, 0.3) is 0 Å². The van der Waals surface area contributed by atoms with Crippen LogP contribution in [0.1, 0.15) is 31.7 Å². The smallest absolute Gasteiger partial charge is 0.225 e. The van der Waals surface area contributed by atoms with Crippen molar-refractivity contribution in [3.63, 3.8) is 0 Å². The van der Waals surface area contributed by atoms with Crippen LogP contribution in [-0.2, 0) is 4.79 Å². The highest BCUT2D eigenvalue weighted by Gasteiger charge is 2.24. The molecule has 114 valence electrons. The minimum atomic E-state index is 0.168. The standard InChI is InChI=1S/C16H22N2O2S/c1-12-5-3-8-18(16(12)19)9-4-10-20-14-7-2-6-13(11-14)15(17)21/h2,6-7,11-12H,3-5,8-10H2,1H3,(H2,17,21). The van der Waals surface area contributed by atoms with Crippen LogP contribution in [-0.4, -0.2) is 35.5 Å². The fraction of sp³-hybridized carbons (Fsp3) is 0.500. The molecule has 1 aliphatic heterocycles. The molecule has 0 spiro atoms. The van der Waals surface area contributed by atoms with Crippen LogP contribution in [0.2, 0.25) is 0 Å². The molecule has 0 saturated carbocycles. The van der Waals surface area contributed by atoms with E-state index in [0.717, 1.165) is 43.7 Å². The highest BCUT2D eigenvalue weighted by Crippen LogP contribution is 2.18. The summed E-state index contributed by atoms with van der Waals surface area (Å²) in [6, 6.07) is 7.47. The summed E-state index contributed by atoms with van der Waals surface area (Å²) in [4.78, 5) is 14.3. The minimum absolute atomic E-state index is 0.168. The van der Waals surface area contributed by atoms with Crippen molar-refractivity contribution in [3.05, 3.63) is 29.8 Å². The number of carbonyl (C=O) groups is 1. The van der Waals surface area contributed by atoms with Crippen LogP contribution < -0.4 is 10.5 Å². The van der Waals surface area contributed by atoms with E-state index in [-0.39, 0.29) is 11.8 Å². The Morgan fingerprint density at radius 2 is 2.33 bits per heavy atom. The van der Waals surface area contributed by atoms with Gasteiger partial charge in [-0.05, 0) is 31.4 Å². The molecule has 1 amide bonds. The summed E-state index contributed by atoms with van der Waals surface area (Å²) in [6.07, 6.45) is 2.94. The Hall–Kier alpha value is -1.62. The quantitative estimate of drug-likeness (QED) is 0.647. The summed E-state index contributed by atoms with van der Waals surface area (Å²) in [5.74, 6) is 1.21. The second-order valence-electron chi connectivity index (χ2n) is 5.46. The summed E-state index contributed by atoms with van der Waals surface area (Å²) in [7, 11) is 0. The van der Waals surface area contributed by atoms with Crippen molar-refractivity contribution in [1.82, 2.24) is 4.90 Å². The Balaban J connectivity index is 1.76. The highest BCUT2D eigenvalue weighted by molar-refractivity contribution is 7.80. The van der Waals surface area contributed by atoms with Crippen LogP contribution >= 0.6 is 12.2 Å². The van der Waals surface area contributed by atoms with Crippen LogP contribution in [0.4, 0.5) is 0 Å². The zero-order valence-corrected chi connectivity index (χ0v) is 13.2. The van der Waals surface area contributed by atoms with E-state index >= 15 is 0 Å². The molecular weight excluding hydrogens is 284 g/mol. The zero-order valence-electron chi connectivity index (χ0n) is 12.4. The third-order valence-electron chi connectivity index (χ3n) is 3.76. The number of likely N-dealkylation sites (tertiary alicyclic amines) is 1. The lowest BCUT2D eigenvalue weighted by Gasteiger charge is -2.30. The summed E-state index contributed by atoms with van der Waals surface area (Å²) in [5, 5.41) is 0. The second-order valence-corrected chi connectivity index (χ2v) is 5.90. The number of ether oxygens (including phenoxy) is 1. The molecule has 2 rings (SSSR count). The molecular formula is C16H22N2O2S. The number of benzene rings is 1. The lowest BCUT2D eigenvalue weighted by atomic mass is 9.99. The van der Waals surface area contributed by atoms with Gasteiger partial charge in [0.1, 0.15) is 10.7 Å². The summed E-state index contributed by atoms with van der Waals surface area (Å²) < 4.78 is 5.70. The third-order valence-corrected chi connectivity index (χ3v) is 3.99. The second kappa shape index (κ2) is 7.41. The van der Waals surface area contributed by atoms with Crippen LogP contribution in [0.25, 0.3) is 0 Å². The van der Waals surface area contributed by atoms with E-state index in [1.165, 1.54) is 0 Å². The molecule has 1 aromatic rings. The summed E-state index contributed by atoms with van der Waals surface area (Å²) in [5.41, 5.74) is 6.40. The molecule has 1 aliphatic rings. The maximum atomic E-state index is 12.0. The Bertz CT molecular complexity index is 519. The van der Waals surface area contributed by atoms with Crippen LogP contribution in [0, 0.1) is 5.92 Å². The van der Waals surface area contributed by atoms with Crippen molar-refractivity contribution in [1.29, 1.82) is 0 Å². The van der Waals surface area contributed by atoms with Gasteiger partial charge in [0.15, 0.2) is 0 Å². The predicted molar refractivity (Wildman–Crippen MR) is 87.4 cm³/mol. The van der Waals surface area contributed by atoms with Crippen LogP contribution in [0.5, 0.6) is 5.75 Å². The average molecular weight is 306 g/mol. The van der Waals surface area contributed by atoms with E-state index in [1.807, 2.05) is 36.1 Å². The van der Waals surface area contributed by atoms with Gasteiger partial charge in [-0.3, -0.25) is 4.79 Å². The minimum Gasteiger partial charge on any atom is -0.494 e. The molecule has 5 heteroatoms. The van der Waals surface area contributed by atoms with Gasteiger partial charge >= 0.3 is 0 Å². The summed E-state index contributed by atoms with van der Waals surface area (Å²) in [6.45, 7) is 4.23. The van der Waals surface area contributed by atoms with Gasteiger partial charge in [0.2, 0.25) is 5.91 Å². The predicted octanol–water partition coefficient (Wildman–Crippen LogP) is 2.35. The molecule has 0 aliphatic carbocycles. The number of piperidine rings is 1. The van der Waals surface area contributed by atoms with E-state index < -0.39 is 0 Å². The molecule has 1 fully saturated rings. The van der Waals surface area contributed by atoms with Gasteiger partial charge in [0, 0.05) is 24.6 Å².